The Morgan fingerprint density at radius 1 is 0.944 bits per heavy atom. The van der Waals surface area contributed by atoms with Gasteiger partial charge in [-0.25, -0.2) is 4.79 Å². The molecule has 184 valence electrons. The number of nitrogens with one attached hydrogen (secondary N) is 2. The van der Waals surface area contributed by atoms with Crippen LogP contribution in [0.2, 0.25) is 0 Å². The molecule has 0 spiro atoms. The number of urea groups is 1. The van der Waals surface area contributed by atoms with Crippen LogP contribution in [0, 0.1) is 0 Å². The minimum atomic E-state index is -0.726. The van der Waals surface area contributed by atoms with Crippen LogP contribution in [0.4, 0.5) is 4.79 Å². The van der Waals surface area contributed by atoms with Crippen molar-refractivity contribution in [2.24, 2.45) is 0 Å². The minimum absolute atomic E-state index is 0.0151. The molecule has 0 saturated carbocycles. The van der Waals surface area contributed by atoms with Gasteiger partial charge in [0.25, 0.3) is 5.91 Å². The lowest BCUT2D eigenvalue weighted by Crippen LogP contribution is -2.33. The van der Waals surface area contributed by atoms with Gasteiger partial charge < -0.3 is 20.1 Å². The first-order chi connectivity index (χ1) is 17.6. The van der Waals surface area contributed by atoms with E-state index in [2.05, 4.69) is 10.6 Å². The van der Waals surface area contributed by atoms with E-state index in [1.165, 1.54) is 4.90 Å². The molecule has 0 aliphatic carbocycles. The summed E-state index contributed by atoms with van der Waals surface area (Å²) in [6.45, 7) is 0.720. The van der Waals surface area contributed by atoms with E-state index in [-0.39, 0.29) is 43.9 Å². The first-order valence-corrected chi connectivity index (χ1v) is 12.0. The maximum atomic E-state index is 12.9. The number of imide groups is 1. The van der Waals surface area contributed by atoms with Gasteiger partial charge in [0.1, 0.15) is 6.04 Å². The lowest BCUT2D eigenvalue weighted by Gasteiger charge is -2.19. The Balaban J connectivity index is 1.15. The molecule has 1 saturated heterocycles. The van der Waals surface area contributed by atoms with Gasteiger partial charge in [-0.1, -0.05) is 66.7 Å². The summed E-state index contributed by atoms with van der Waals surface area (Å²) in [5.74, 6) is 0.750. The predicted molar refractivity (Wildman–Crippen MR) is 132 cm³/mol. The van der Waals surface area contributed by atoms with Gasteiger partial charge >= 0.3 is 6.03 Å². The van der Waals surface area contributed by atoms with Crippen molar-refractivity contribution in [2.45, 2.75) is 31.3 Å². The molecule has 8 nitrogen and oxygen atoms in total. The topological polar surface area (TPSA) is 97.0 Å². The van der Waals surface area contributed by atoms with Gasteiger partial charge in [0.2, 0.25) is 12.7 Å². The second kappa shape index (κ2) is 10.5. The van der Waals surface area contributed by atoms with Crippen LogP contribution < -0.4 is 20.1 Å². The Labute approximate surface area is 209 Å². The van der Waals surface area contributed by atoms with Crippen molar-refractivity contribution in [2.75, 3.05) is 13.3 Å². The monoisotopic (exact) mass is 485 g/mol. The fourth-order valence-corrected chi connectivity index (χ4v) is 4.52. The smallest absolute Gasteiger partial charge is 0.325 e. The minimum Gasteiger partial charge on any atom is -0.454 e. The Morgan fingerprint density at radius 2 is 1.61 bits per heavy atom. The number of fused-ring (bicyclic) bond motifs is 1. The molecule has 36 heavy (non-hydrogen) atoms. The van der Waals surface area contributed by atoms with E-state index in [4.69, 9.17) is 9.47 Å². The Bertz CT molecular complexity index is 1210. The third kappa shape index (κ3) is 5.17. The number of hydrogen-bond acceptors (Lipinski definition) is 5. The van der Waals surface area contributed by atoms with E-state index in [0.717, 1.165) is 16.7 Å². The van der Waals surface area contributed by atoms with Gasteiger partial charge in [-0.15, -0.1) is 0 Å². The molecule has 2 aliphatic rings. The van der Waals surface area contributed by atoms with Gasteiger partial charge in [-0.2, -0.15) is 0 Å². The summed E-state index contributed by atoms with van der Waals surface area (Å²) in [5.41, 5.74) is 2.98. The van der Waals surface area contributed by atoms with E-state index in [1.54, 1.807) is 18.2 Å². The Hall–Kier alpha value is -4.33. The molecule has 0 aromatic heterocycles. The fraction of sp³-hybridized carbons (Fsp3) is 0.250. The van der Waals surface area contributed by atoms with Crippen LogP contribution in [0.1, 0.15) is 35.4 Å². The van der Waals surface area contributed by atoms with Crippen molar-refractivity contribution in [3.8, 4) is 11.5 Å². The van der Waals surface area contributed by atoms with Gasteiger partial charge in [-0.3, -0.25) is 14.5 Å². The molecule has 0 unspecified atom stereocenters. The van der Waals surface area contributed by atoms with Crippen LogP contribution >= 0.6 is 0 Å². The zero-order valence-electron chi connectivity index (χ0n) is 19.7. The highest BCUT2D eigenvalue weighted by atomic mass is 16.7. The van der Waals surface area contributed by atoms with E-state index in [0.29, 0.717) is 18.0 Å². The van der Waals surface area contributed by atoms with Crippen LogP contribution in [0.25, 0.3) is 0 Å². The number of hydrogen-bond donors (Lipinski definition) is 2. The number of nitrogens with zero attached hydrogens (tertiary/aromatic N) is 1. The molecule has 0 radical (unpaired) electrons. The summed E-state index contributed by atoms with van der Waals surface area (Å²) < 4.78 is 10.7. The standard InChI is InChI=1S/C28H27N3O5/c32-26(29-16-22(20-7-3-1-4-8-20)21-9-5-2-6-10-21)14-12-23-27(33)31(28(34)30-23)17-19-11-13-24-25(15-19)36-18-35-24/h1-11,13,15,22-23H,12,14,16-18H2,(H,29,32)(H,30,34)/t23-/m1/s1. The molecule has 1 fully saturated rings. The molecule has 8 heteroatoms. The summed E-state index contributed by atoms with van der Waals surface area (Å²) in [5, 5.41) is 5.70. The van der Waals surface area contributed by atoms with Crippen LogP contribution in [-0.4, -0.2) is 42.1 Å². The largest absolute Gasteiger partial charge is 0.454 e. The quantitative estimate of drug-likeness (QED) is 0.452. The zero-order valence-corrected chi connectivity index (χ0v) is 19.7. The highest BCUT2D eigenvalue weighted by Gasteiger charge is 2.38. The number of benzene rings is 3. The molecule has 5 rings (SSSR count). The van der Waals surface area contributed by atoms with E-state index in [1.807, 2.05) is 60.7 Å². The molecule has 3 aromatic carbocycles. The molecular weight excluding hydrogens is 458 g/mol. The maximum Gasteiger partial charge on any atom is 0.325 e. The van der Waals surface area contributed by atoms with Crippen LogP contribution in [0.15, 0.2) is 78.9 Å². The molecule has 0 bridgehead atoms. The normalized spacial score (nSPS) is 16.4. The second-order valence-electron chi connectivity index (χ2n) is 8.83. The first kappa shape index (κ1) is 23.4. The first-order valence-electron chi connectivity index (χ1n) is 12.0. The van der Waals surface area contributed by atoms with Crippen molar-refractivity contribution in [1.82, 2.24) is 15.5 Å². The SMILES string of the molecule is O=C(CC[C@H]1NC(=O)N(Cc2ccc3c(c2)OCO3)C1=O)NCC(c1ccccc1)c1ccccc1. The third-order valence-electron chi connectivity index (χ3n) is 6.45. The van der Waals surface area contributed by atoms with E-state index >= 15 is 0 Å². The highest BCUT2D eigenvalue weighted by Crippen LogP contribution is 2.33. The number of carbonyl (C=O) groups excluding carboxylic acids is 3. The molecule has 1 atom stereocenters. The Morgan fingerprint density at radius 3 is 2.31 bits per heavy atom. The van der Waals surface area contributed by atoms with Crippen molar-refractivity contribution < 1.29 is 23.9 Å². The lowest BCUT2D eigenvalue weighted by atomic mass is 9.91. The zero-order chi connectivity index (χ0) is 24.9. The molecule has 2 heterocycles. The van der Waals surface area contributed by atoms with Crippen molar-refractivity contribution >= 4 is 17.8 Å². The second-order valence-corrected chi connectivity index (χ2v) is 8.83. The number of amides is 4. The van der Waals surface area contributed by atoms with Crippen molar-refractivity contribution in [1.29, 1.82) is 0 Å². The number of carbonyl (C=O) groups is 3. The summed E-state index contributed by atoms with van der Waals surface area (Å²) >= 11 is 0. The Kier molecular flexibility index (Phi) is 6.84. The van der Waals surface area contributed by atoms with Crippen LogP contribution in [0.5, 0.6) is 11.5 Å². The molecule has 2 N–H and O–H groups in total. The summed E-state index contributed by atoms with van der Waals surface area (Å²) in [6.07, 6.45) is 0.361. The molecule has 3 aromatic rings. The van der Waals surface area contributed by atoms with Crippen LogP contribution in [-0.2, 0) is 16.1 Å². The van der Waals surface area contributed by atoms with Crippen molar-refractivity contribution in [3.63, 3.8) is 0 Å². The summed E-state index contributed by atoms with van der Waals surface area (Å²) in [4.78, 5) is 39.1. The van der Waals surface area contributed by atoms with Crippen LogP contribution in [0.3, 0.4) is 0 Å². The summed E-state index contributed by atoms with van der Waals surface area (Å²) in [7, 11) is 0. The predicted octanol–water partition coefficient (Wildman–Crippen LogP) is 3.56. The number of ether oxygens (including phenoxy) is 2. The molecule has 2 aliphatic heterocycles. The third-order valence-corrected chi connectivity index (χ3v) is 6.45. The highest BCUT2D eigenvalue weighted by molar-refractivity contribution is 6.04. The van der Waals surface area contributed by atoms with Crippen molar-refractivity contribution in [3.05, 3.63) is 95.6 Å². The number of rotatable bonds is 9. The van der Waals surface area contributed by atoms with Gasteiger partial charge in [0.15, 0.2) is 11.5 Å². The maximum absolute atomic E-state index is 12.9. The van der Waals surface area contributed by atoms with Gasteiger partial charge in [-0.05, 0) is 35.2 Å². The van der Waals surface area contributed by atoms with Gasteiger partial charge in [0.05, 0.1) is 6.54 Å². The fourth-order valence-electron chi connectivity index (χ4n) is 4.52. The lowest BCUT2D eigenvalue weighted by molar-refractivity contribution is -0.128. The van der Waals surface area contributed by atoms with E-state index in [9.17, 15) is 14.4 Å². The molecule has 4 amide bonds. The average molecular weight is 486 g/mol. The average Bonchev–Trinajstić information content (AvgIpc) is 3.48. The molecular formula is C28H27N3O5. The van der Waals surface area contributed by atoms with Gasteiger partial charge in [0, 0.05) is 18.9 Å². The van der Waals surface area contributed by atoms with E-state index < -0.39 is 12.1 Å². The summed E-state index contributed by atoms with van der Waals surface area (Å²) in [6, 6.07) is 24.2.